The number of anilines is 1. The predicted molar refractivity (Wildman–Crippen MR) is 122 cm³/mol. The summed E-state index contributed by atoms with van der Waals surface area (Å²) >= 11 is 1.36. The zero-order valence-corrected chi connectivity index (χ0v) is 18.8. The number of carbonyl (C=O) groups is 3. The molecule has 1 N–H and O–H groups in total. The van der Waals surface area contributed by atoms with Gasteiger partial charge in [-0.3, -0.25) is 14.4 Å². The summed E-state index contributed by atoms with van der Waals surface area (Å²) in [4.78, 5) is 39.1. The minimum Gasteiger partial charge on any atom is -0.348 e. The number of halogens is 3. The fourth-order valence-corrected chi connectivity index (χ4v) is 4.72. The molecule has 3 aromatic carbocycles. The summed E-state index contributed by atoms with van der Waals surface area (Å²) in [7, 11) is 0. The molecule has 9 heteroatoms. The molecule has 1 heterocycles. The van der Waals surface area contributed by atoms with Crippen LogP contribution in [0, 0.1) is 17.5 Å². The van der Waals surface area contributed by atoms with Crippen molar-refractivity contribution >= 4 is 35.5 Å². The molecule has 0 radical (unpaired) electrons. The lowest BCUT2D eigenvalue weighted by Gasteiger charge is -2.33. The monoisotopic (exact) mass is 484 g/mol. The summed E-state index contributed by atoms with van der Waals surface area (Å²) < 4.78 is 40.9. The average molecular weight is 484 g/mol. The minimum absolute atomic E-state index is 0.151. The highest BCUT2D eigenvalue weighted by atomic mass is 32.2. The number of hydrogen-bond donors (Lipinski definition) is 1. The largest absolute Gasteiger partial charge is 0.348 e. The number of fused-ring (bicyclic) bond motifs is 1. The van der Waals surface area contributed by atoms with Crippen LogP contribution >= 0.6 is 11.8 Å². The van der Waals surface area contributed by atoms with E-state index >= 15 is 0 Å². The van der Waals surface area contributed by atoms with E-state index < -0.39 is 35.5 Å². The molecule has 1 aliphatic rings. The molecule has 5 nitrogen and oxygen atoms in total. The quantitative estimate of drug-likeness (QED) is 0.507. The fourth-order valence-electron chi connectivity index (χ4n) is 3.67. The van der Waals surface area contributed by atoms with Crippen molar-refractivity contribution in [3.8, 4) is 0 Å². The van der Waals surface area contributed by atoms with E-state index in [2.05, 4.69) is 5.32 Å². The topological polar surface area (TPSA) is 66.5 Å². The normalized spacial score (nSPS) is 15.1. The lowest BCUT2D eigenvalue weighted by molar-refractivity contribution is -0.118. The SMILES string of the molecule is CC1Sc2ccc(C(=O)NCc3c(F)cc(F)cc3F)cc2N(Cc2cccc(C=O)c2)C1=O. The van der Waals surface area contributed by atoms with E-state index in [0.29, 0.717) is 23.4 Å². The molecule has 0 saturated heterocycles. The van der Waals surface area contributed by atoms with Crippen LogP contribution in [0.4, 0.5) is 18.9 Å². The number of nitrogens with zero attached hydrogens (tertiary/aromatic N) is 1. The van der Waals surface area contributed by atoms with Gasteiger partial charge in [-0.1, -0.05) is 18.2 Å². The number of thioether (sulfide) groups is 1. The van der Waals surface area contributed by atoms with Gasteiger partial charge in [0.2, 0.25) is 5.91 Å². The molecule has 2 amide bonds. The Labute approximate surface area is 198 Å². The molecule has 174 valence electrons. The summed E-state index contributed by atoms with van der Waals surface area (Å²) in [6.45, 7) is 1.52. The standard InChI is InChI=1S/C25H19F3N2O3S/c1-14-25(33)30(12-15-3-2-4-16(7-15)13-31)22-8-17(5-6-23(22)34-14)24(32)29-11-19-20(27)9-18(26)10-21(19)28/h2-10,13-14H,11-12H2,1H3,(H,29,32). The van der Waals surface area contributed by atoms with Crippen molar-refractivity contribution in [1.29, 1.82) is 0 Å². The van der Waals surface area contributed by atoms with Crippen LogP contribution in [-0.2, 0) is 17.9 Å². The van der Waals surface area contributed by atoms with Crippen LogP contribution in [0.2, 0.25) is 0 Å². The molecule has 4 rings (SSSR count). The van der Waals surface area contributed by atoms with Gasteiger partial charge in [0, 0.05) is 40.3 Å². The van der Waals surface area contributed by atoms with E-state index in [1.165, 1.54) is 11.8 Å². The number of carbonyl (C=O) groups excluding carboxylic acids is 3. The van der Waals surface area contributed by atoms with Crippen molar-refractivity contribution in [3.63, 3.8) is 0 Å². The summed E-state index contributed by atoms with van der Waals surface area (Å²) in [5.41, 5.74) is 1.50. The third-order valence-corrected chi connectivity index (χ3v) is 6.54. The van der Waals surface area contributed by atoms with Crippen LogP contribution in [0.15, 0.2) is 59.5 Å². The molecule has 0 saturated carbocycles. The Balaban J connectivity index is 1.59. The maximum absolute atomic E-state index is 13.9. The van der Waals surface area contributed by atoms with E-state index in [0.717, 1.165) is 16.7 Å². The molecular formula is C25H19F3N2O3S. The van der Waals surface area contributed by atoms with Crippen LogP contribution in [-0.4, -0.2) is 23.4 Å². The van der Waals surface area contributed by atoms with Gasteiger partial charge in [-0.25, -0.2) is 13.2 Å². The number of amides is 2. The molecule has 0 bridgehead atoms. The highest BCUT2D eigenvalue weighted by Gasteiger charge is 2.31. The molecule has 1 atom stereocenters. The Morgan fingerprint density at radius 3 is 2.53 bits per heavy atom. The Morgan fingerprint density at radius 1 is 1.09 bits per heavy atom. The number of nitrogens with one attached hydrogen (secondary N) is 1. The number of rotatable bonds is 6. The molecular weight excluding hydrogens is 465 g/mol. The predicted octanol–water partition coefficient (Wildman–Crippen LogP) is 4.87. The van der Waals surface area contributed by atoms with E-state index in [9.17, 15) is 27.6 Å². The average Bonchev–Trinajstić information content (AvgIpc) is 2.81. The van der Waals surface area contributed by atoms with Gasteiger partial charge in [0.05, 0.1) is 17.5 Å². The molecule has 0 spiro atoms. The molecule has 34 heavy (non-hydrogen) atoms. The van der Waals surface area contributed by atoms with Crippen molar-refractivity contribution in [2.24, 2.45) is 0 Å². The smallest absolute Gasteiger partial charge is 0.251 e. The third kappa shape index (κ3) is 4.84. The van der Waals surface area contributed by atoms with Crippen LogP contribution < -0.4 is 10.2 Å². The van der Waals surface area contributed by atoms with Crippen molar-refractivity contribution in [1.82, 2.24) is 5.32 Å². The van der Waals surface area contributed by atoms with Gasteiger partial charge in [-0.15, -0.1) is 11.8 Å². The number of hydrogen-bond acceptors (Lipinski definition) is 4. The first-order valence-corrected chi connectivity index (χ1v) is 11.2. The van der Waals surface area contributed by atoms with Gasteiger partial charge in [-0.2, -0.15) is 0 Å². The fraction of sp³-hybridized carbons (Fsp3) is 0.160. The lowest BCUT2D eigenvalue weighted by atomic mass is 10.1. The zero-order chi connectivity index (χ0) is 24.4. The van der Waals surface area contributed by atoms with Gasteiger partial charge in [0.25, 0.3) is 5.91 Å². The van der Waals surface area contributed by atoms with E-state index in [1.54, 1.807) is 54.3 Å². The first-order valence-electron chi connectivity index (χ1n) is 10.3. The van der Waals surface area contributed by atoms with E-state index in [1.807, 2.05) is 0 Å². The van der Waals surface area contributed by atoms with Crippen molar-refractivity contribution in [2.45, 2.75) is 30.2 Å². The Hall–Kier alpha value is -3.59. The van der Waals surface area contributed by atoms with Crippen molar-refractivity contribution < 1.29 is 27.6 Å². The highest BCUT2D eigenvalue weighted by molar-refractivity contribution is 8.01. The lowest BCUT2D eigenvalue weighted by Crippen LogP contribution is -2.39. The molecule has 3 aromatic rings. The highest BCUT2D eigenvalue weighted by Crippen LogP contribution is 2.40. The Bertz CT molecular complexity index is 1280. The minimum atomic E-state index is -1.09. The van der Waals surface area contributed by atoms with E-state index in [4.69, 9.17) is 0 Å². The van der Waals surface area contributed by atoms with Crippen LogP contribution in [0.5, 0.6) is 0 Å². The van der Waals surface area contributed by atoms with Gasteiger partial charge in [0.15, 0.2) is 0 Å². The van der Waals surface area contributed by atoms with Gasteiger partial charge in [-0.05, 0) is 36.8 Å². The Morgan fingerprint density at radius 2 is 1.82 bits per heavy atom. The third-order valence-electron chi connectivity index (χ3n) is 5.39. The second-order valence-electron chi connectivity index (χ2n) is 7.76. The molecule has 0 aromatic heterocycles. The maximum atomic E-state index is 13.9. The zero-order valence-electron chi connectivity index (χ0n) is 18.0. The van der Waals surface area contributed by atoms with Gasteiger partial charge in [0.1, 0.15) is 23.7 Å². The number of benzene rings is 3. The van der Waals surface area contributed by atoms with Crippen molar-refractivity contribution in [3.05, 3.63) is 94.3 Å². The first-order chi connectivity index (χ1) is 16.3. The molecule has 0 aliphatic carbocycles. The number of aldehydes is 1. The maximum Gasteiger partial charge on any atom is 0.251 e. The second kappa shape index (κ2) is 9.72. The first kappa shape index (κ1) is 23.6. The van der Waals surface area contributed by atoms with E-state index in [-0.39, 0.29) is 23.3 Å². The van der Waals surface area contributed by atoms with Crippen LogP contribution in [0.3, 0.4) is 0 Å². The van der Waals surface area contributed by atoms with Gasteiger partial charge >= 0.3 is 0 Å². The summed E-state index contributed by atoms with van der Waals surface area (Å²) in [5, 5.41) is 2.09. The van der Waals surface area contributed by atoms with Gasteiger partial charge < -0.3 is 10.2 Å². The second-order valence-corrected chi connectivity index (χ2v) is 9.14. The van der Waals surface area contributed by atoms with Crippen LogP contribution in [0.1, 0.15) is 38.8 Å². The Kier molecular flexibility index (Phi) is 6.74. The molecule has 1 aliphatic heterocycles. The molecule has 1 unspecified atom stereocenters. The summed E-state index contributed by atoms with van der Waals surface area (Å²) in [5.74, 6) is -3.99. The molecule has 0 fully saturated rings. The summed E-state index contributed by atoms with van der Waals surface area (Å²) in [6, 6.07) is 12.8. The van der Waals surface area contributed by atoms with Crippen LogP contribution in [0.25, 0.3) is 0 Å². The summed E-state index contributed by atoms with van der Waals surface area (Å²) in [6.07, 6.45) is 0.725. The van der Waals surface area contributed by atoms with Crippen molar-refractivity contribution in [2.75, 3.05) is 4.90 Å².